The Bertz CT molecular complexity index is 617. The van der Waals surface area contributed by atoms with Crippen molar-refractivity contribution in [2.24, 2.45) is 0 Å². The lowest BCUT2D eigenvalue weighted by Gasteiger charge is -2.23. The number of thioether (sulfide) groups is 1. The van der Waals surface area contributed by atoms with Crippen LogP contribution >= 0.6 is 11.8 Å². The maximum absolute atomic E-state index is 12.6. The van der Waals surface area contributed by atoms with Crippen molar-refractivity contribution in [3.8, 4) is 0 Å². The Balaban J connectivity index is 2.78. The van der Waals surface area contributed by atoms with Gasteiger partial charge in [0.2, 0.25) is 11.8 Å². The van der Waals surface area contributed by atoms with Crippen molar-refractivity contribution < 1.29 is 19.1 Å². The molecule has 1 aromatic rings. The van der Waals surface area contributed by atoms with Crippen molar-refractivity contribution in [2.45, 2.75) is 38.4 Å². The Labute approximate surface area is 163 Å². The van der Waals surface area contributed by atoms with Crippen LogP contribution in [0.15, 0.2) is 18.6 Å². The molecule has 0 aliphatic heterocycles. The third-order valence-corrected chi connectivity index (χ3v) is 4.38. The van der Waals surface area contributed by atoms with E-state index in [-0.39, 0.29) is 24.2 Å². The average Bonchev–Trinajstić information content (AvgIpc) is 2.67. The van der Waals surface area contributed by atoms with E-state index in [1.807, 2.05) is 20.1 Å². The van der Waals surface area contributed by atoms with Crippen molar-refractivity contribution in [1.29, 1.82) is 0 Å². The Kier molecular flexibility index (Phi) is 10.3. The van der Waals surface area contributed by atoms with Crippen molar-refractivity contribution in [3.05, 3.63) is 24.3 Å². The molecule has 27 heavy (non-hydrogen) atoms. The van der Waals surface area contributed by atoms with E-state index in [1.54, 1.807) is 0 Å². The molecule has 0 saturated carbocycles. The second-order valence-corrected chi connectivity index (χ2v) is 6.82. The first-order valence-corrected chi connectivity index (χ1v) is 9.97. The first-order valence-electron chi connectivity index (χ1n) is 8.58. The number of nitrogens with zero attached hydrogens (tertiary/aromatic N) is 2. The number of rotatable bonds is 11. The highest BCUT2D eigenvalue weighted by atomic mass is 32.2. The third kappa shape index (κ3) is 7.92. The van der Waals surface area contributed by atoms with Crippen LogP contribution in [0.3, 0.4) is 0 Å². The number of hydrogen-bond donors (Lipinski definition) is 3. The Morgan fingerprint density at radius 3 is 2.41 bits per heavy atom. The van der Waals surface area contributed by atoms with Crippen molar-refractivity contribution in [2.75, 3.05) is 25.7 Å². The zero-order chi connectivity index (χ0) is 20.2. The van der Waals surface area contributed by atoms with Crippen LogP contribution in [0.1, 0.15) is 30.8 Å². The van der Waals surface area contributed by atoms with Gasteiger partial charge in [-0.2, -0.15) is 11.8 Å². The smallest absolute Gasteiger partial charge is 0.272 e. The first-order chi connectivity index (χ1) is 12.9. The summed E-state index contributed by atoms with van der Waals surface area (Å²) in [5.41, 5.74) is 0.111. The van der Waals surface area contributed by atoms with E-state index >= 15 is 0 Å². The van der Waals surface area contributed by atoms with E-state index in [2.05, 4.69) is 25.9 Å². The number of amides is 3. The maximum Gasteiger partial charge on any atom is 0.272 e. The molecule has 0 spiro atoms. The molecule has 1 aromatic heterocycles. The molecule has 0 radical (unpaired) electrons. The second kappa shape index (κ2) is 12.2. The van der Waals surface area contributed by atoms with Crippen LogP contribution in [0, 0.1) is 0 Å². The summed E-state index contributed by atoms with van der Waals surface area (Å²) in [7, 11) is 1.45. The Morgan fingerprint density at radius 2 is 1.85 bits per heavy atom. The number of carbonyl (C=O) groups is 3. The van der Waals surface area contributed by atoms with Gasteiger partial charge in [0, 0.05) is 31.3 Å². The Hall–Kier alpha value is -2.20. The zero-order valence-electron chi connectivity index (χ0n) is 16.0. The van der Waals surface area contributed by atoms with Gasteiger partial charge in [0.15, 0.2) is 0 Å². The van der Waals surface area contributed by atoms with Crippen molar-refractivity contribution in [3.63, 3.8) is 0 Å². The number of hydrogen-bond acceptors (Lipinski definition) is 7. The monoisotopic (exact) mass is 397 g/mol. The third-order valence-electron chi connectivity index (χ3n) is 3.72. The highest BCUT2D eigenvalue weighted by molar-refractivity contribution is 7.98. The largest absolute Gasteiger partial charge is 0.382 e. The molecule has 0 fully saturated rings. The molecule has 1 rings (SSSR count). The van der Waals surface area contributed by atoms with Gasteiger partial charge < -0.3 is 20.7 Å². The van der Waals surface area contributed by atoms with Crippen LogP contribution in [0.25, 0.3) is 0 Å². The van der Waals surface area contributed by atoms with Gasteiger partial charge in [-0.15, -0.1) is 0 Å². The topological polar surface area (TPSA) is 122 Å². The van der Waals surface area contributed by atoms with E-state index in [9.17, 15) is 14.4 Å². The number of nitrogens with one attached hydrogen (secondary N) is 3. The summed E-state index contributed by atoms with van der Waals surface area (Å²) in [4.78, 5) is 45.0. The lowest BCUT2D eigenvalue weighted by molar-refractivity contribution is -0.131. The first kappa shape index (κ1) is 22.8. The van der Waals surface area contributed by atoms with Crippen molar-refractivity contribution in [1.82, 2.24) is 25.9 Å². The quantitative estimate of drug-likeness (QED) is 0.480. The summed E-state index contributed by atoms with van der Waals surface area (Å²) in [6.45, 7) is 3.85. The molecule has 10 heteroatoms. The fraction of sp³-hybridized carbons (Fsp3) is 0.588. The minimum Gasteiger partial charge on any atom is -0.382 e. The summed E-state index contributed by atoms with van der Waals surface area (Å²) in [5.74, 6) is -0.972. The van der Waals surface area contributed by atoms with E-state index in [4.69, 9.17) is 4.74 Å². The summed E-state index contributed by atoms with van der Waals surface area (Å²) in [6.07, 6.45) is 6.75. The predicted octanol–water partition coefficient (Wildman–Crippen LogP) is -0.0161. The van der Waals surface area contributed by atoms with Gasteiger partial charge in [-0.05, 0) is 19.6 Å². The van der Waals surface area contributed by atoms with Crippen LogP contribution in [0.2, 0.25) is 0 Å². The highest BCUT2D eigenvalue weighted by Gasteiger charge is 2.27. The molecule has 0 aromatic carbocycles. The standard InChI is InChI=1S/C17H27N5O4S/c1-5-11(2)20-16(24)13(9-26-3)21-17(25)14(10-27-4)22-15(23)12-8-18-6-7-19-12/h6-8,11,13-14H,5,9-10H2,1-4H3,(H,20,24)(H,21,25)(H,22,23)/t11-,13+,14-/m1/s1. The molecule has 0 aliphatic carbocycles. The van der Waals surface area contributed by atoms with Gasteiger partial charge in [-0.25, -0.2) is 4.98 Å². The van der Waals surface area contributed by atoms with Crippen LogP contribution < -0.4 is 16.0 Å². The van der Waals surface area contributed by atoms with E-state index < -0.39 is 23.9 Å². The molecule has 0 saturated heterocycles. The lowest BCUT2D eigenvalue weighted by atomic mass is 10.2. The number of aromatic nitrogens is 2. The molecule has 0 aliphatic rings. The molecule has 3 N–H and O–H groups in total. The molecule has 150 valence electrons. The lowest BCUT2D eigenvalue weighted by Crippen LogP contribution is -2.56. The van der Waals surface area contributed by atoms with Gasteiger partial charge in [0.1, 0.15) is 17.8 Å². The van der Waals surface area contributed by atoms with E-state index in [0.29, 0.717) is 5.75 Å². The fourth-order valence-electron chi connectivity index (χ4n) is 2.07. The van der Waals surface area contributed by atoms with Crippen LogP contribution in [0.5, 0.6) is 0 Å². The van der Waals surface area contributed by atoms with Crippen LogP contribution in [-0.2, 0) is 14.3 Å². The summed E-state index contributed by atoms with van der Waals surface area (Å²) >= 11 is 1.39. The number of methoxy groups -OCH3 is 1. The van der Waals surface area contributed by atoms with Crippen molar-refractivity contribution >= 4 is 29.5 Å². The molecule has 9 nitrogen and oxygen atoms in total. The van der Waals surface area contributed by atoms with Gasteiger partial charge in [-0.3, -0.25) is 19.4 Å². The minimum absolute atomic E-state index is 0.0212. The SMILES string of the molecule is CC[C@@H](C)NC(=O)[C@H](COC)NC(=O)[C@@H](CSC)NC(=O)c1cnccn1. The van der Waals surface area contributed by atoms with E-state index in [0.717, 1.165) is 6.42 Å². The molecule has 3 amide bonds. The van der Waals surface area contributed by atoms with Gasteiger partial charge >= 0.3 is 0 Å². The number of carbonyl (C=O) groups excluding carboxylic acids is 3. The van der Waals surface area contributed by atoms with Gasteiger partial charge in [-0.1, -0.05) is 6.92 Å². The molecular weight excluding hydrogens is 370 g/mol. The second-order valence-electron chi connectivity index (χ2n) is 5.91. The summed E-state index contributed by atoms with van der Waals surface area (Å²) in [6, 6.07) is -1.70. The molecule has 0 unspecified atom stereocenters. The zero-order valence-corrected chi connectivity index (χ0v) is 16.8. The molecule has 3 atom stereocenters. The normalized spacial score (nSPS) is 13.9. The van der Waals surface area contributed by atoms with Crippen LogP contribution in [-0.4, -0.2) is 71.5 Å². The van der Waals surface area contributed by atoms with Crippen LogP contribution in [0.4, 0.5) is 0 Å². The van der Waals surface area contributed by atoms with Gasteiger partial charge in [0.25, 0.3) is 5.91 Å². The highest BCUT2D eigenvalue weighted by Crippen LogP contribution is 2.02. The number of ether oxygens (including phenoxy) is 1. The predicted molar refractivity (Wildman–Crippen MR) is 103 cm³/mol. The average molecular weight is 398 g/mol. The van der Waals surface area contributed by atoms with E-state index in [1.165, 1.54) is 37.5 Å². The maximum atomic E-state index is 12.6. The fourth-order valence-corrected chi connectivity index (χ4v) is 2.63. The van der Waals surface area contributed by atoms with Gasteiger partial charge in [0.05, 0.1) is 12.8 Å². The summed E-state index contributed by atoms with van der Waals surface area (Å²) in [5, 5.41) is 8.09. The Morgan fingerprint density at radius 1 is 1.15 bits per heavy atom. The molecular formula is C17H27N5O4S. The molecule has 0 bridgehead atoms. The summed E-state index contributed by atoms with van der Waals surface area (Å²) < 4.78 is 5.04. The minimum atomic E-state index is -0.853. The molecule has 1 heterocycles.